The summed E-state index contributed by atoms with van der Waals surface area (Å²) in [5.41, 5.74) is 0.479. The molecule has 25 heavy (non-hydrogen) atoms. The lowest BCUT2D eigenvalue weighted by Crippen LogP contribution is -2.43. The van der Waals surface area contributed by atoms with E-state index in [0.717, 1.165) is 19.6 Å². The molecular formula is C17H30O7Si. The van der Waals surface area contributed by atoms with E-state index in [2.05, 4.69) is 33.9 Å². The number of rotatable bonds is 3. The molecule has 0 heterocycles. The molecule has 0 aliphatic heterocycles. The van der Waals surface area contributed by atoms with Crippen LogP contribution in [0.15, 0.2) is 24.3 Å². The SMILES string of the molecule is CC(=O)O.CC(=O)O.CC(C)(C)[Si](C)(C)Oc1ccc(C(O)O)cc1. The van der Waals surface area contributed by atoms with Gasteiger partial charge in [0.05, 0.1) is 0 Å². The van der Waals surface area contributed by atoms with Gasteiger partial charge in [-0.3, -0.25) is 9.59 Å². The van der Waals surface area contributed by atoms with Crippen molar-refractivity contribution in [3.63, 3.8) is 0 Å². The zero-order chi connectivity index (χ0) is 20.4. The molecule has 0 radical (unpaired) electrons. The second kappa shape index (κ2) is 10.9. The molecule has 0 unspecified atom stereocenters. The Hall–Kier alpha value is -1.90. The second-order valence-corrected chi connectivity index (χ2v) is 11.6. The van der Waals surface area contributed by atoms with Gasteiger partial charge in [-0.25, -0.2) is 0 Å². The van der Waals surface area contributed by atoms with Crippen molar-refractivity contribution in [1.29, 1.82) is 0 Å². The molecule has 0 saturated heterocycles. The number of hydrogen-bond donors (Lipinski definition) is 4. The standard InChI is InChI=1S/C13H22O3Si.2C2H4O2/c1-13(2,3)17(4,5)16-11-8-6-10(7-9-11)12(14)15;2*1-2(3)4/h6-9,12,14-15H,1-5H3;2*1H3,(H,3,4). The van der Waals surface area contributed by atoms with E-state index in [1.165, 1.54) is 0 Å². The van der Waals surface area contributed by atoms with Gasteiger partial charge in [0.1, 0.15) is 5.75 Å². The molecule has 0 saturated carbocycles. The third-order valence-corrected chi connectivity index (χ3v) is 7.72. The lowest BCUT2D eigenvalue weighted by atomic mass is 10.2. The zero-order valence-electron chi connectivity index (χ0n) is 15.9. The highest BCUT2D eigenvalue weighted by Crippen LogP contribution is 2.37. The van der Waals surface area contributed by atoms with Crippen molar-refractivity contribution in [2.75, 3.05) is 0 Å². The molecule has 0 amide bonds. The lowest BCUT2D eigenvalue weighted by Gasteiger charge is -2.36. The number of carbonyl (C=O) groups is 2. The molecule has 0 bridgehead atoms. The summed E-state index contributed by atoms with van der Waals surface area (Å²) in [5.74, 6) is -0.874. The first-order valence-electron chi connectivity index (χ1n) is 7.64. The van der Waals surface area contributed by atoms with Crippen LogP contribution in [0.3, 0.4) is 0 Å². The van der Waals surface area contributed by atoms with E-state index in [0.29, 0.717) is 5.56 Å². The zero-order valence-corrected chi connectivity index (χ0v) is 16.9. The topological polar surface area (TPSA) is 124 Å². The largest absolute Gasteiger partial charge is 0.544 e. The maximum absolute atomic E-state index is 9.00. The van der Waals surface area contributed by atoms with Gasteiger partial charge in [0.25, 0.3) is 11.9 Å². The summed E-state index contributed by atoms with van der Waals surface area (Å²) in [7, 11) is -1.82. The van der Waals surface area contributed by atoms with Gasteiger partial charge in [0.15, 0.2) is 6.29 Å². The summed E-state index contributed by atoms with van der Waals surface area (Å²) in [6, 6.07) is 6.92. The van der Waals surface area contributed by atoms with Gasteiger partial charge < -0.3 is 24.9 Å². The molecule has 7 nitrogen and oxygen atoms in total. The first-order valence-corrected chi connectivity index (χ1v) is 10.5. The second-order valence-electron chi connectivity index (χ2n) is 6.84. The summed E-state index contributed by atoms with van der Waals surface area (Å²) < 4.78 is 6.08. The van der Waals surface area contributed by atoms with E-state index in [-0.39, 0.29) is 5.04 Å². The van der Waals surface area contributed by atoms with E-state index in [1.807, 2.05) is 0 Å². The Balaban J connectivity index is 0. The molecule has 0 spiro atoms. The fourth-order valence-corrected chi connectivity index (χ4v) is 2.19. The number of hydrogen-bond acceptors (Lipinski definition) is 5. The monoisotopic (exact) mass is 374 g/mol. The predicted octanol–water partition coefficient (Wildman–Crippen LogP) is 3.24. The van der Waals surface area contributed by atoms with E-state index in [1.54, 1.807) is 24.3 Å². The number of aliphatic hydroxyl groups excluding tert-OH is 1. The Bertz CT molecular complexity index is 511. The third-order valence-electron chi connectivity index (χ3n) is 3.36. The lowest BCUT2D eigenvalue weighted by molar-refractivity contribution is -0.135. The smallest absolute Gasteiger partial charge is 0.300 e. The number of aliphatic hydroxyl groups is 2. The maximum Gasteiger partial charge on any atom is 0.300 e. The molecule has 4 N–H and O–H groups in total. The molecule has 8 heteroatoms. The van der Waals surface area contributed by atoms with Crippen molar-refractivity contribution in [1.82, 2.24) is 0 Å². The molecule has 1 aromatic rings. The summed E-state index contributed by atoms with van der Waals surface area (Å²) in [6.45, 7) is 13.1. The van der Waals surface area contributed by atoms with Gasteiger partial charge in [-0.2, -0.15) is 0 Å². The van der Waals surface area contributed by atoms with Crippen molar-refractivity contribution in [3.8, 4) is 5.75 Å². The molecular weight excluding hydrogens is 344 g/mol. The first-order chi connectivity index (χ1) is 11.1. The van der Waals surface area contributed by atoms with Crippen molar-refractivity contribution in [2.24, 2.45) is 0 Å². The van der Waals surface area contributed by atoms with Crippen molar-refractivity contribution in [2.45, 2.75) is 59.0 Å². The summed E-state index contributed by atoms with van der Waals surface area (Å²) in [4.78, 5) is 18.0. The maximum atomic E-state index is 9.00. The van der Waals surface area contributed by atoms with Gasteiger partial charge >= 0.3 is 0 Å². The van der Waals surface area contributed by atoms with Crippen LogP contribution in [0.1, 0.15) is 46.5 Å². The highest BCUT2D eigenvalue weighted by Gasteiger charge is 2.38. The summed E-state index contributed by atoms with van der Waals surface area (Å²) >= 11 is 0. The fraction of sp³-hybridized carbons (Fsp3) is 0.529. The Morgan fingerprint density at radius 1 is 0.960 bits per heavy atom. The number of benzene rings is 1. The molecule has 0 aliphatic rings. The van der Waals surface area contributed by atoms with Gasteiger partial charge in [-0.15, -0.1) is 0 Å². The summed E-state index contributed by atoms with van der Waals surface area (Å²) in [6.07, 6.45) is -1.42. The number of carboxylic acids is 2. The minimum absolute atomic E-state index is 0.155. The van der Waals surface area contributed by atoms with Crippen LogP contribution < -0.4 is 4.43 Å². The fourth-order valence-electron chi connectivity index (χ4n) is 1.16. The van der Waals surface area contributed by atoms with Gasteiger partial charge in [0.2, 0.25) is 8.32 Å². The Morgan fingerprint density at radius 2 is 1.28 bits per heavy atom. The summed E-state index contributed by atoms with van der Waals surface area (Å²) in [5, 5.41) is 33.0. The molecule has 0 atom stereocenters. The molecule has 144 valence electrons. The van der Waals surface area contributed by atoms with Crippen LogP contribution in [0.4, 0.5) is 0 Å². The van der Waals surface area contributed by atoms with Gasteiger partial charge in [0, 0.05) is 19.4 Å². The average molecular weight is 375 g/mol. The van der Waals surface area contributed by atoms with Crippen LogP contribution in [0.5, 0.6) is 5.75 Å². The Morgan fingerprint density at radius 3 is 1.52 bits per heavy atom. The number of aliphatic carboxylic acids is 2. The average Bonchev–Trinajstić information content (AvgIpc) is 2.36. The van der Waals surface area contributed by atoms with Crippen LogP contribution in [-0.4, -0.2) is 40.7 Å². The Labute approximate surface area is 150 Å². The van der Waals surface area contributed by atoms with Crippen molar-refractivity contribution in [3.05, 3.63) is 29.8 Å². The van der Waals surface area contributed by atoms with Crippen LogP contribution in [0, 0.1) is 0 Å². The Kier molecular flexibility index (Phi) is 11.0. The van der Waals surface area contributed by atoms with Gasteiger partial charge in [-0.1, -0.05) is 32.9 Å². The van der Waals surface area contributed by atoms with E-state index in [9.17, 15) is 0 Å². The van der Waals surface area contributed by atoms with Crippen molar-refractivity contribution >= 4 is 20.3 Å². The molecule has 1 aromatic carbocycles. The molecule has 0 fully saturated rings. The van der Waals surface area contributed by atoms with E-state index >= 15 is 0 Å². The third kappa shape index (κ3) is 13.1. The normalized spacial score (nSPS) is 10.8. The van der Waals surface area contributed by atoms with Crippen LogP contribution in [0.2, 0.25) is 18.1 Å². The minimum atomic E-state index is -1.82. The van der Waals surface area contributed by atoms with E-state index < -0.39 is 26.5 Å². The molecule has 1 rings (SSSR count). The highest BCUT2D eigenvalue weighted by atomic mass is 28.4. The molecule has 0 aromatic heterocycles. The highest BCUT2D eigenvalue weighted by molar-refractivity contribution is 6.74. The van der Waals surface area contributed by atoms with Crippen LogP contribution in [-0.2, 0) is 9.59 Å². The quantitative estimate of drug-likeness (QED) is 0.473. The minimum Gasteiger partial charge on any atom is -0.544 e. The van der Waals surface area contributed by atoms with Gasteiger partial charge in [-0.05, 0) is 30.3 Å². The van der Waals surface area contributed by atoms with E-state index in [4.69, 9.17) is 34.4 Å². The van der Waals surface area contributed by atoms with Crippen molar-refractivity contribution < 1.29 is 34.4 Å². The predicted molar refractivity (Wildman–Crippen MR) is 98.1 cm³/mol. The first kappa shape index (κ1) is 25.3. The van der Waals surface area contributed by atoms with Crippen LogP contribution in [0.25, 0.3) is 0 Å². The molecule has 0 aliphatic carbocycles. The van der Waals surface area contributed by atoms with Crippen LogP contribution >= 0.6 is 0 Å². The number of carboxylic acid groups (broad SMARTS) is 2.